The Bertz CT molecular complexity index is 835. The average Bonchev–Trinajstić information content (AvgIpc) is 3.32. The predicted octanol–water partition coefficient (Wildman–Crippen LogP) is 3.87. The van der Waals surface area contributed by atoms with Crippen molar-refractivity contribution in [2.75, 3.05) is 19.8 Å². The minimum Gasteiger partial charge on any atom is -0.381 e. The summed E-state index contributed by atoms with van der Waals surface area (Å²) in [6.45, 7) is 4.89. The van der Waals surface area contributed by atoms with Gasteiger partial charge in [0, 0.05) is 55.7 Å². The van der Waals surface area contributed by atoms with Crippen molar-refractivity contribution >= 4 is 5.91 Å². The lowest BCUT2D eigenvalue weighted by molar-refractivity contribution is -0.144. The molecule has 0 unspecified atom stereocenters. The number of pyridine rings is 1. The van der Waals surface area contributed by atoms with Crippen molar-refractivity contribution in [3.63, 3.8) is 0 Å². The molecule has 1 aromatic rings. The highest BCUT2D eigenvalue weighted by atomic mass is 19.3. The van der Waals surface area contributed by atoms with Crippen LogP contribution in [0.25, 0.3) is 0 Å². The van der Waals surface area contributed by atoms with Crippen LogP contribution in [0.2, 0.25) is 0 Å². The Balaban J connectivity index is 1.30. The standard InChI is InChI=1S/C24H33F2N3O2/c1-15-14-31-8-5-20(15)28-19-10-18-3-2-6-24(18,11-19)23(30)29-7-4-21-17(13-29)9-16(12-27-21)22(25)26/h9,12,15,18-20,22,28H,2-8,10-11,13-14H2,1H3/t15-,18+,19+,20+,24+/m0/s1. The molecule has 0 aromatic carbocycles. The third kappa shape index (κ3) is 3.88. The zero-order valence-corrected chi connectivity index (χ0v) is 18.3. The van der Waals surface area contributed by atoms with Crippen LogP contribution >= 0.6 is 0 Å². The first kappa shape index (κ1) is 21.3. The summed E-state index contributed by atoms with van der Waals surface area (Å²) >= 11 is 0. The number of hydrogen-bond acceptors (Lipinski definition) is 4. The monoisotopic (exact) mass is 433 g/mol. The number of carbonyl (C=O) groups is 1. The van der Waals surface area contributed by atoms with Crippen LogP contribution in [0.3, 0.4) is 0 Å². The maximum absolute atomic E-state index is 13.8. The summed E-state index contributed by atoms with van der Waals surface area (Å²) in [5.41, 5.74) is 1.30. The summed E-state index contributed by atoms with van der Waals surface area (Å²) in [5, 5.41) is 3.87. The van der Waals surface area contributed by atoms with Crippen molar-refractivity contribution in [3.05, 3.63) is 29.1 Å². The molecule has 2 saturated carbocycles. The van der Waals surface area contributed by atoms with E-state index in [1.807, 2.05) is 4.90 Å². The van der Waals surface area contributed by atoms with E-state index in [9.17, 15) is 13.6 Å². The van der Waals surface area contributed by atoms with Crippen molar-refractivity contribution in [2.45, 2.75) is 76.9 Å². The largest absolute Gasteiger partial charge is 0.381 e. The van der Waals surface area contributed by atoms with Gasteiger partial charge in [-0.3, -0.25) is 9.78 Å². The van der Waals surface area contributed by atoms with Crippen LogP contribution in [-0.4, -0.2) is 47.6 Å². The van der Waals surface area contributed by atoms with Gasteiger partial charge in [0.25, 0.3) is 6.43 Å². The van der Waals surface area contributed by atoms with Gasteiger partial charge in [-0.25, -0.2) is 8.78 Å². The maximum atomic E-state index is 13.8. The highest BCUT2D eigenvalue weighted by Crippen LogP contribution is 2.55. The van der Waals surface area contributed by atoms with Gasteiger partial charge in [-0.2, -0.15) is 0 Å². The SMILES string of the molecule is C[C@H]1COCC[C@H]1N[C@@H]1C[C@H]2CCC[C@@]2(C(=O)N2CCc3ncc(C(F)F)cc3C2)C1. The second kappa shape index (κ2) is 8.39. The normalized spacial score (nSPS) is 35.3. The summed E-state index contributed by atoms with van der Waals surface area (Å²) in [5.74, 6) is 1.17. The van der Waals surface area contributed by atoms with Gasteiger partial charge in [-0.05, 0) is 55.6 Å². The van der Waals surface area contributed by atoms with Crippen LogP contribution in [0.5, 0.6) is 0 Å². The lowest BCUT2D eigenvalue weighted by Crippen LogP contribution is -2.48. The van der Waals surface area contributed by atoms with Crippen molar-refractivity contribution in [3.8, 4) is 0 Å². The van der Waals surface area contributed by atoms with Crippen LogP contribution in [0.4, 0.5) is 8.78 Å². The first-order chi connectivity index (χ1) is 15.0. The Hall–Kier alpha value is -1.60. The van der Waals surface area contributed by atoms with Crippen LogP contribution in [0.15, 0.2) is 12.3 Å². The molecule has 1 aromatic heterocycles. The number of alkyl halides is 2. The lowest BCUT2D eigenvalue weighted by atomic mass is 9.78. The molecule has 0 radical (unpaired) electrons. The number of nitrogens with one attached hydrogen (secondary N) is 1. The lowest BCUT2D eigenvalue weighted by Gasteiger charge is -2.37. The molecule has 4 aliphatic rings. The van der Waals surface area contributed by atoms with Gasteiger partial charge < -0.3 is 15.0 Å². The smallest absolute Gasteiger partial charge is 0.265 e. The molecular formula is C24H33F2N3O2. The number of halogens is 2. The number of fused-ring (bicyclic) bond motifs is 2. The number of ether oxygens (including phenoxy) is 1. The van der Waals surface area contributed by atoms with Gasteiger partial charge in [0.15, 0.2) is 0 Å². The van der Waals surface area contributed by atoms with Gasteiger partial charge in [-0.15, -0.1) is 0 Å². The third-order valence-electron chi connectivity index (χ3n) is 8.25. The van der Waals surface area contributed by atoms with E-state index in [2.05, 4.69) is 17.2 Å². The molecule has 1 amide bonds. The molecule has 0 spiro atoms. The molecule has 1 saturated heterocycles. The summed E-state index contributed by atoms with van der Waals surface area (Å²) in [7, 11) is 0. The Kier molecular flexibility index (Phi) is 5.76. The summed E-state index contributed by atoms with van der Waals surface area (Å²) in [6, 6.07) is 2.39. The first-order valence-corrected chi connectivity index (χ1v) is 11.9. The molecular weight excluding hydrogens is 400 g/mol. The van der Waals surface area contributed by atoms with Crippen LogP contribution in [0.1, 0.15) is 68.7 Å². The highest BCUT2D eigenvalue weighted by molar-refractivity contribution is 5.84. The van der Waals surface area contributed by atoms with Crippen molar-refractivity contribution in [1.29, 1.82) is 0 Å². The first-order valence-electron chi connectivity index (χ1n) is 11.9. The minimum absolute atomic E-state index is 0.0549. The van der Waals surface area contributed by atoms with Crippen LogP contribution in [-0.2, 0) is 22.5 Å². The van der Waals surface area contributed by atoms with Crippen LogP contribution in [0, 0.1) is 17.3 Å². The second-order valence-electron chi connectivity index (χ2n) is 10.1. The number of amides is 1. The molecule has 3 heterocycles. The molecule has 0 bridgehead atoms. The van der Waals surface area contributed by atoms with E-state index < -0.39 is 6.43 Å². The van der Waals surface area contributed by atoms with Crippen molar-refractivity contribution in [1.82, 2.24) is 15.2 Å². The molecule has 3 fully saturated rings. The minimum atomic E-state index is -2.53. The third-order valence-corrected chi connectivity index (χ3v) is 8.25. The Morgan fingerprint density at radius 3 is 3.06 bits per heavy atom. The van der Waals surface area contributed by atoms with E-state index in [-0.39, 0.29) is 16.9 Å². The number of nitrogens with zero attached hydrogens (tertiary/aromatic N) is 2. The Labute approximate surface area is 182 Å². The van der Waals surface area contributed by atoms with E-state index in [1.54, 1.807) is 6.07 Å². The molecule has 31 heavy (non-hydrogen) atoms. The van der Waals surface area contributed by atoms with Gasteiger partial charge in [0.1, 0.15) is 0 Å². The Morgan fingerprint density at radius 1 is 1.39 bits per heavy atom. The second-order valence-corrected chi connectivity index (χ2v) is 10.1. The molecule has 5 atom stereocenters. The fourth-order valence-corrected chi connectivity index (χ4v) is 6.60. The zero-order chi connectivity index (χ0) is 21.6. The summed E-state index contributed by atoms with van der Waals surface area (Å²) < 4.78 is 31.9. The van der Waals surface area contributed by atoms with E-state index in [1.165, 1.54) is 6.20 Å². The molecule has 1 N–H and O–H groups in total. The molecule has 2 aliphatic carbocycles. The number of carbonyl (C=O) groups excluding carboxylic acids is 1. The summed E-state index contributed by atoms with van der Waals surface area (Å²) in [4.78, 5) is 20.0. The van der Waals surface area contributed by atoms with Gasteiger partial charge in [0.05, 0.1) is 12.0 Å². The Morgan fingerprint density at radius 2 is 2.26 bits per heavy atom. The topological polar surface area (TPSA) is 54.5 Å². The van der Waals surface area contributed by atoms with Crippen molar-refractivity contribution in [2.24, 2.45) is 17.3 Å². The molecule has 5 rings (SSSR count). The molecule has 7 heteroatoms. The van der Waals surface area contributed by atoms with Gasteiger partial charge in [0.2, 0.25) is 5.91 Å². The fraction of sp³-hybridized carbons (Fsp3) is 0.750. The van der Waals surface area contributed by atoms with E-state index in [0.717, 1.165) is 63.0 Å². The zero-order valence-electron chi connectivity index (χ0n) is 18.3. The quantitative estimate of drug-likeness (QED) is 0.783. The molecule has 5 nitrogen and oxygen atoms in total. The molecule has 170 valence electrons. The predicted molar refractivity (Wildman–Crippen MR) is 113 cm³/mol. The summed E-state index contributed by atoms with van der Waals surface area (Å²) in [6.07, 6.45) is 5.58. The van der Waals surface area contributed by atoms with Gasteiger partial charge in [-0.1, -0.05) is 13.3 Å². The average molecular weight is 434 g/mol. The fourth-order valence-electron chi connectivity index (χ4n) is 6.60. The van der Waals surface area contributed by atoms with Gasteiger partial charge >= 0.3 is 0 Å². The van der Waals surface area contributed by atoms with E-state index in [4.69, 9.17) is 4.74 Å². The van der Waals surface area contributed by atoms with E-state index >= 15 is 0 Å². The molecule has 2 aliphatic heterocycles. The number of aromatic nitrogens is 1. The number of rotatable bonds is 4. The van der Waals surface area contributed by atoms with E-state index in [0.29, 0.717) is 43.4 Å². The number of hydrogen-bond donors (Lipinski definition) is 1. The van der Waals surface area contributed by atoms with Crippen molar-refractivity contribution < 1.29 is 18.3 Å². The highest BCUT2D eigenvalue weighted by Gasteiger charge is 2.56. The maximum Gasteiger partial charge on any atom is 0.265 e. The van der Waals surface area contributed by atoms with Crippen LogP contribution < -0.4 is 5.32 Å².